The van der Waals surface area contributed by atoms with Gasteiger partial charge in [0, 0.05) is 5.02 Å². The number of benzene rings is 5. The van der Waals surface area contributed by atoms with E-state index in [1.165, 1.54) is 0 Å². The highest BCUT2D eigenvalue weighted by Gasteiger charge is 2.49. The Morgan fingerprint density at radius 1 is 0.542 bits per heavy atom. The van der Waals surface area contributed by atoms with Crippen molar-refractivity contribution in [2.24, 2.45) is 0 Å². The van der Waals surface area contributed by atoms with Gasteiger partial charge in [-0.15, -0.1) is 0 Å². The highest BCUT2D eigenvalue weighted by atomic mass is 35.5. The molecule has 0 aliphatic carbocycles. The molecule has 6 nitrogen and oxygen atoms in total. The zero-order valence-electron chi connectivity index (χ0n) is 26.8. The molecule has 0 amide bonds. The van der Waals surface area contributed by atoms with E-state index in [0.29, 0.717) is 37.0 Å². The van der Waals surface area contributed by atoms with Crippen molar-refractivity contribution in [2.45, 2.75) is 63.6 Å². The fourth-order valence-corrected chi connectivity index (χ4v) is 6.13. The molecule has 48 heavy (non-hydrogen) atoms. The van der Waals surface area contributed by atoms with Crippen molar-refractivity contribution in [1.29, 1.82) is 0 Å². The molecule has 0 aromatic heterocycles. The molecule has 0 bridgehead atoms. The quantitative estimate of drug-likeness (QED) is 0.122. The molecule has 1 heterocycles. The molecule has 248 valence electrons. The van der Waals surface area contributed by atoms with Gasteiger partial charge in [-0.2, -0.15) is 0 Å². The number of aliphatic hydroxyl groups is 1. The van der Waals surface area contributed by atoms with E-state index < -0.39 is 30.5 Å². The molecule has 0 saturated carbocycles. The van der Waals surface area contributed by atoms with Crippen LogP contribution in [0.3, 0.4) is 0 Å². The summed E-state index contributed by atoms with van der Waals surface area (Å²) in [4.78, 5) is 0. The first-order valence-corrected chi connectivity index (χ1v) is 16.7. The standard InChI is InChI=1S/C41H41ClO6/c42-36-22-21-34(23-35(36)24-43)38-40(46-27-32-17-9-3-10-18-32)41(47-28-33-19-11-4-12-20-33)39(45-26-31-15-7-2-8-16-31)37(48-38)29-44-25-30-13-5-1-6-14-30/h1-23,37-41,43H,24-29H2/t37-,38-,39-,40-,41+/m1/s1. The molecule has 5 atom stereocenters. The minimum Gasteiger partial charge on any atom is -0.392 e. The molecule has 1 saturated heterocycles. The number of hydrogen-bond acceptors (Lipinski definition) is 6. The van der Waals surface area contributed by atoms with Crippen LogP contribution in [-0.4, -0.2) is 36.1 Å². The molecule has 6 rings (SSSR count). The van der Waals surface area contributed by atoms with E-state index in [-0.39, 0.29) is 13.2 Å². The van der Waals surface area contributed by atoms with Crippen molar-refractivity contribution in [3.05, 3.63) is 178 Å². The van der Waals surface area contributed by atoms with Crippen molar-refractivity contribution in [2.75, 3.05) is 6.61 Å². The van der Waals surface area contributed by atoms with Gasteiger partial charge in [-0.1, -0.05) is 139 Å². The Hall–Kier alpha value is -3.85. The van der Waals surface area contributed by atoms with Crippen LogP contribution in [-0.2, 0) is 56.7 Å². The van der Waals surface area contributed by atoms with Gasteiger partial charge in [0.15, 0.2) is 0 Å². The molecular formula is C41H41ClO6. The largest absolute Gasteiger partial charge is 0.392 e. The van der Waals surface area contributed by atoms with Gasteiger partial charge in [-0.05, 0) is 45.5 Å². The number of hydrogen-bond donors (Lipinski definition) is 1. The summed E-state index contributed by atoms with van der Waals surface area (Å²) in [6, 6.07) is 45.9. The molecule has 1 N–H and O–H groups in total. The summed E-state index contributed by atoms with van der Waals surface area (Å²) in [5.74, 6) is 0. The van der Waals surface area contributed by atoms with Crippen LogP contribution in [0, 0.1) is 0 Å². The maximum atomic E-state index is 10.1. The van der Waals surface area contributed by atoms with Gasteiger partial charge in [-0.25, -0.2) is 0 Å². The lowest BCUT2D eigenvalue weighted by atomic mass is 9.89. The van der Waals surface area contributed by atoms with Crippen LogP contribution >= 0.6 is 11.6 Å². The van der Waals surface area contributed by atoms with Crippen LogP contribution in [0.4, 0.5) is 0 Å². The highest BCUT2D eigenvalue weighted by Crippen LogP contribution is 2.39. The maximum absolute atomic E-state index is 10.1. The minimum atomic E-state index is -0.576. The van der Waals surface area contributed by atoms with E-state index >= 15 is 0 Å². The van der Waals surface area contributed by atoms with E-state index in [2.05, 4.69) is 0 Å². The van der Waals surface area contributed by atoms with Crippen LogP contribution < -0.4 is 0 Å². The third-order valence-electron chi connectivity index (χ3n) is 8.45. The van der Waals surface area contributed by atoms with Crippen molar-refractivity contribution in [3.8, 4) is 0 Å². The third kappa shape index (κ3) is 9.19. The summed E-state index contributed by atoms with van der Waals surface area (Å²) in [6.07, 6.45) is -2.74. The topological polar surface area (TPSA) is 66.4 Å². The average Bonchev–Trinajstić information content (AvgIpc) is 3.14. The monoisotopic (exact) mass is 664 g/mol. The van der Waals surface area contributed by atoms with Crippen LogP contribution in [0.5, 0.6) is 0 Å². The highest BCUT2D eigenvalue weighted by molar-refractivity contribution is 6.31. The Kier molecular flexibility index (Phi) is 12.4. The molecule has 5 aromatic rings. The maximum Gasteiger partial charge on any atom is 0.117 e. The zero-order chi connectivity index (χ0) is 33.0. The summed E-state index contributed by atoms with van der Waals surface area (Å²) in [5, 5.41) is 10.6. The summed E-state index contributed by atoms with van der Waals surface area (Å²) in [5.41, 5.74) is 5.61. The normalized spacial score (nSPS) is 20.8. The van der Waals surface area contributed by atoms with Crippen LogP contribution in [0.2, 0.25) is 5.02 Å². The average molecular weight is 665 g/mol. The Morgan fingerprint density at radius 2 is 1.00 bits per heavy atom. The molecule has 1 aliphatic rings. The smallest absolute Gasteiger partial charge is 0.117 e. The van der Waals surface area contributed by atoms with Gasteiger partial charge in [0.25, 0.3) is 0 Å². The van der Waals surface area contributed by atoms with Gasteiger partial charge in [0.1, 0.15) is 30.5 Å². The first kappa shape index (κ1) is 34.0. The van der Waals surface area contributed by atoms with E-state index in [0.717, 1.165) is 27.8 Å². The second-order valence-electron chi connectivity index (χ2n) is 11.9. The van der Waals surface area contributed by atoms with E-state index in [1.54, 1.807) is 6.07 Å². The molecule has 0 spiro atoms. The Balaban J connectivity index is 1.36. The lowest BCUT2D eigenvalue weighted by Gasteiger charge is -2.46. The van der Waals surface area contributed by atoms with Crippen molar-refractivity contribution in [3.63, 3.8) is 0 Å². The van der Waals surface area contributed by atoms with E-state index in [9.17, 15) is 5.11 Å². The predicted octanol–water partition coefficient (Wildman–Crippen LogP) is 8.25. The summed E-state index contributed by atoms with van der Waals surface area (Å²) >= 11 is 6.44. The van der Waals surface area contributed by atoms with Crippen LogP contribution in [0.15, 0.2) is 140 Å². The first-order chi connectivity index (χ1) is 23.7. The number of halogens is 1. The fourth-order valence-electron chi connectivity index (χ4n) is 5.95. The van der Waals surface area contributed by atoms with Gasteiger partial charge < -0.3 is 28.8 Å². The lowest BCUT2D eigenvalue weighted by molar-refractivity contribution is -0.275. The predicted molar refractivity (Wildman–Crippen MR) is 186 cm³/mol. The third-order valence-corrected chi connectivity index (χ3v) is 8.82. The molecule has 0 unspecified atom stereocenters. The van der Waals surface area contributed by atoms with Crippen molar-refractivity contribution in [1.82, 2.24) is 0 Å². The van der Waals surface area contributed by atoms with Crippen molar-refractivity contribution < 1.29 is 28.8 Å². The Bertz CT molecular complexity index is 1650. The Labute approximate surface area is 287 Å². The van der Waals surface area contributed by atoms with Gasteiger partial charge in [0.05, 0.1) is 39.6 Å². The van der Waals surface area contributed by atoms with E-state index in [1.807, 2.05) is 133 Å². The summed E-state index contributed by atoms with van der Waals surface area (Å²) in [6.45, 7) is 1.56. The Morgan fingerprint density at radius 3 is 1.50 bits per heavy atom. The molecular weight excluding hydrogens is 624 g/mol. The minimum absolute atomic E-state index is 0.199. The SMILES string of the molecule is OCc1cc([C@H]2O[C@H](COCc3ccccc3)[C@@H](OCc3ccccc3)[C@H](OCc3ccccc3)[C@@H]2OCc2ccccc2)ccc1Cl. The van der Waals surface area contributed by atoms with Crippen LogP contribution in [0.1, 0.15) is 39.5 Å². The van der Waals surface area contributed by atoms with Gasteiger partial charge >= 0.3 is 0 Å². The summed E-state index contributed by atoms with van der Waals surface area (Å²) < 4.78 is 33.6. The number of ether oxygens (including phenoxy) is 5. The summed E-state index contributed by atoms with van der Waals surface area (Å²) in [7, 11) is 0. The molecule has 5 aromatic carbocycles. The zero-order valence-corrected chi connectivity index (χ0v) is 27.5. The first-order valence-electron chi connectivity index (χ1n) is 16.3. The lowest BCUT2D eigenvalue weighted by Crippen LogP contribution is -2.58. The second kappa shape index (κ2) is 17.5. The van der Waals surface area contributed by atoms with Crippen molar-refractivity contribution >= 4 is 11.6 Å². The molecule has 7 heteroatoms. The fraction of sp³-hybridized carbons (Fsp3) is 0.268. The molecule has 0 radical (unpaired) electrons. The second-order valence-corrected chi connectivity index (χ2v) is 12.3. The van der Waals surface area contributed by atoms with Gasteiger partial charge in [0.2, 0.25) is 0 Å². The van der Waals surface area contributed by atoms with E-state index in [4.69, 9.17) is 35.3 Å². The number of rotatable bonds is 15. The van der Waals surface area contributed by atoms with Crippen LogP contribution in [0.25, 0.3) is 0 Å². The molecule has 1 fully saturated rings. The van der Waals surface area contributed by atoms with Gasteiger partial charge in [-0.3, -0.25) is 0 Å². The molecule has 1 aliphatic heterocycles. The number of aliphatic hydroxyl groups excluding tert-OH is 1.